The Kier molecular flexibility index (Phi) is 8.66. The summed E-state index contributed by atoms with van der Waals surface area (Å²) in [6.45, 7) is 0. The van der Waals surface area contributed by atoms with Crippen molar-refractivity contribution in [2.24, 2.45) is 0 Å². The quantitative estimate of drug-likeness (QED) is 0.387. The molecule has 0 bridgehead atoms. The van der Waals surface area contributed by atoms with E-state index in [1.165, 1.54) is 33.0 Å². The van der Waals surface area contributed by atoms with E-state index in [1.54, 1.807) is 0 Å². The van der Waals surface area contributed by atoms with E-state index in [0.29, 0.717) is 0 Å². The van der Waals surface area contributed by atoms with Gasteiger partial charge in [0.15, 0.2) is 0 Å². The minimum atomic E-state index is 0. The molecule has 0 nitrogen and oxygen atoms in total. The first kappa shape index (κ1) is 22.1. The molecule has 0 atom stereocenters. The molecule has 0 saturated carbocycles. The van der Waals surface area contributed by atoms with Crippen molar-refractivity contribution in [3.63, 3.8) is 0 Å². The SMILES string of the molecule is C(=C\c1ccc2ccccc2c1/C=C/c1ccccc1)/c1ccccc1.[H-].[H-].[Li+].[Li+]. The molecule has 0 radical (unpaired) electrons. The van der Waals surface area contributed by atoms with E-state index < -0.39 is 0 Å². The molecule has 0 unspecified atom stereocenters. The number of rotatable bonds is 4. The van der Waals surface area contributed by atoms with E-state index in [4.69, 9.17) is 0 Å². The minimum Gasteiger partial charge on any atom is -1.00 e. The van der Waals surface area contributed by atoms with E-state index in [0.717, 1.165) is 0 Å². The van der Waals surface area contributed by atoms with Gasteiger partial charge < -0.3 is 2.85 Å². The molecule has 4 aromatic carbocycles. The molecule has 4 rings (SSSR count). The molecule has 0 fully saturated rings. The molecule has 0 spiro atoms. The van der Waals surface area contributed by atoms with Gasteiger partial charge in [-0.05, 0) is 33.0 Å². The van der Waals surface area contributed by atoms with Crippen LogP contribution in [-0.2, 0) is 0 Å². The van der Waals surface area contributed by atoms with Crippen molar-refractivity contribution < 1.29 is 40.6 Å². The zero-order chi connectivity index (χ0) is 17.6. The Balaban J connectivity index is 0.00000210. The van der Waals surface area contributed by atoms with Crippen LogP contribution in [-0.4, -0.2) is 0 Å². The average Bonchev–Trinajstić information content (AvgIpc) is 2.72. The Morgan fingerprint density at radius 1 is 0.464 bits per heavy atom. The second-order valence-corrected chi connectivity index (χ2v) is 6.28. The molecule has 0 saturated heterocycles. The minimum absolute atomic E-state index is 0. The van der Waals surface area contributed by atoms with Crippen LogP contribution in [0.5, 0.6) is 0 Å². The van der Waals surface area contributed by atoms with Gasteiger partial charge in [-0.1, -0.05) is 121 Å². The molecule has 0 N–H and O–H groups in total. The fraction of sp³-hybridized carbons (Fsp3) is 0. The van der Waals surface area contributed by atoms with Crippen molar-refractivity contribution in [2.75, 3.05) is 0 Å². The molecular formula is C26H22Li2. The summed E-state index contributed by atoms with van der Waals surface area (Å²) in [5.74, 6) is 0. The van der Waals surface area contributed by atoms with Crippen LogP contribution in [0.25, 0.3) is 35.1 Å². The second kappa shape index (κ2) is 11.0. The molecule has 0 aliphatic carbocycles. The first-order valence-electron chi connectivity index (χ1n) is 8.88. The van der Waals surface area contributed by atoms with Crippen molar-refractivity contribution >= 4 is 35.1 Å². The van der Waals surface area contributed by atoms with Crippen molar-refractivity contribution in [2.45, 2.75) is 0 Å². The van der Waals surface area contributed by atoms with Crippen molar-refractivity contribution in [3.05, 3.63) is 119 Å². The van der Waals surface area contributed by atoms with Crippen LogP contribution in [0.3, 0.4) is 0 Å². The summed E-state index contributed by atoms with van der Waals surface area (Å²) in [5, 5.41) is 2.53. The van der Waals surface area contributed by atoms with E-state index in [2.05, 4.69) is 109 Å². The van der Waals surface area contributed by atoms with Gasteiger partial charge >= 0.3 is 37.7 Å². The first-order valence-corrected chi connectivity index (χ1v) is 8.88. The third kappa shape index (κ3) is 5.42. The van der Waals surface area contributed by atoms with E-state index in [1.807, 2.05) is 12.1 Å². The summed E-state index contributed by atoms with van der Waals surface area (Å²) in [6, 6.07) is 33.8. The smallest absolute Gasteiger partial charge is 1.00 e. The van der Waals surface area contributed by atoms with Crippen LogP contribution in [0.4, 0.5) is 0 Å². The van der Waals surface area contributed by atoms with E-state index in [-0.39, 0.29) is 40.6 Å². The summed E-state index contributed by atoms with van der Waals surface area (Å²) in [7, 11) is 0. The van der Waals surface area contributed by atoms with Gasteiger partial charge in [0, 0.05) is 0 Å². The number of benzene rings is 4. The molecular weight excluding hydrogens is 326 g/mol. The van der Waals surface area contributed by atoms with Crippen LogP contribution in [0.1, 0.15) is 25.1 Å². The third-order valence-corrected chi connectivity index (χ3v) is 4.50. The topological polar surface area (TPSA) is 0 Å². The van der Waals surface area contributed by atoms with Crippen molar-refractivity contribution in [3.8, 4) is 0 Å². The van der Waals surface area contributed by atoms with Gasteiger partial charge in [-0.25, -0.2) is 0 Å². The maximum atomic E-state index is 2.22. The third-order valence-electron chi connectivity index (χ3n) is 4.50. The normalized spacial score (nSPS) is 10.7. The summed E-state index contributed by atoms with van der Waals surface area (Å²) in [5.41, 5.74) is 4.89. The molecule has 0 aliphatic rings. The predicted octanol–water partition coefficient (Wildman–Crippen LogP) is 1.41. The predicted molar refractivity (Wildman–Crippen MR) is 117 cm³/mol. The van der Waals surface area contributed by atoms with E-state index >= 15 is 0 Å². The number of fused-ring (bicyclic) bond motifs is 1. The molecule has 0 heterocycles. The zero-order valence-corrected chi connectivity index (χ0v) is 16.5. The summed E-state index contributed by atoms with van der Waals surface area (Å²) in [4.78, 5) is 0. The molecule has 4 aromatic rings. The summed E-state index contributed by atoms with van der Waals surface area (Å²) < 4.78 is 0. The monoisotopic (exact) mass is 348 g/mol. The fourth-order valence-corrected chi connectivity index (χ4v) is 3.14. The van der Waals surface area contributed by atoms with Gasteiger partial charge in [-0.3, -0.25) is 0 Å². The standard InChI is InChI=1S/C26H20.2Li.2H/c1-3-9-21(10-4-1)15-17-24-19-18-23-13-7-8-14-25(23)26(24)20-16-22-11-5-2-6-12-22;;;;/h1-20H;;;;/q;2*+1;2*-1/b17-15+,20-16+;;;;. The first-order chi connectivity index (χ1) is 12.9. The Morgan fingerprint density at radius 2 is 1.00 bits per heavy atom. The van der Waals surface area contributed by atoms with Gasteiger partial charge in [0.2, 0.25) is 0 Å². The van der Waals surface area contributed by atoms with Gasteiger partial charge in [-0.2, -0.15) is 0 Å². The molecule has 128 valence electrons. The second-order valence-electron chi connectivity index (χ2n) is 6.28. The molecule has 0 aromatic heterocycles. The Labute approximate surface area is 194 Å². The van der Waals surface area contributed by atoms with Gasteiger partial charge in [0.05, 0.1) is 0 Å². The average molecular weight is 348 g/mol. The maximum absolute atomic E-state index is 2.22. The zero-order valence-electron chi connectivity index (χ0n) is 18.5. The Morgan fingerprint density at radius 3 is 1.64 bits per heavy atom. The molecule has 0 amide bonds. The largest absolute Gasteiger partial charge is 1.00 e. The van der Waals surface area contributed by atoms with Crippen LogP contribution in [0.15, 0.2) is 97.1 Å². The van der Waals surface area contributed by atoms with Crippen molar-refractivity contribution in [1.29, 1.82) is 0 Å². The Bertz CT molecular complexity index is 1080. The fourth-order valence-electron chi connectivity index (χ4n) is 3.14. The van der Waals surface area contributed by atoms with Gasteiger partial charge in [-0.15, -0.1) is 0 Å². The number of hydrogen-bond donors (Lipinski definition) is 0. The van der Waals surface area contributed by atoms with Crippen molar-refractivity contribution in [1.82, 2.24) is 0 Å². The van der Waals surface area contributed by atoms with Crippen LogP contribution >= 0.6 is 0 Å². The van der Waals surface area contributed by atoms with Crippen LogP contribution in [0.2, 0.25) is 0 Å². The van der Waals surface area contributed by atoms with E-state index in [9.17, 15) is 0 Å². The Hall–Kier alpha value is -2.19. The van der Waals surface area contributed by atoms with Gasteiger partial charge in [0.1, 0.15) is 0 Å². The maximum Gasteiger partial charge on any atom is 1.00 e. The summed E-state index contributed by atoms with van der Waals surface area (Å²) >= 11 is 0. The van der Waals surface area contributed by atoms with Crippen LogP contribution in [0, 0.1) is 0 Å². The molecule has 0 aliphatic heterocycles. The van der Waals surface area contributed by atoms with Crippen LogP contribution < -0.4 is 37.7 Å². The molecule has 2 heteroatoms. The molecule has 28 heavy (non-hydrogen) atoms. The summed E-state index contributed by atoms with van der Waals surface area (Å²) in [6.07, 6.45) is 8.78. The number of hydrogen-bond acceptors (Lipinski definition) is 0. The van der Waals surface area contributed by atoms with Gasteiger partial charge in [0.25, 0.3) is 0 Å².